The number of hydrogen-bond acceptors (Lipinski definition) is 3. The Morgan fingerprint density at radius 2 is 1.94 bits per heavy atom. The molecular weight excluding hydrogens is 223 g/mol. The third-order valence-electron chi connectivity index (χ3n) is 2.32. The summed E-state index contributed by atoms with van der Waals surface area (Å²) >= 11 is 0. The van der Waals surface area contributed by atoms with Gasteiger partial charge in [-0.25, -0.2) is 9.49 Å². The summed E-state index contributed by atoms with van der Waals surface area (Å²) in [5.41, 5.74) is 0.572. The number of hydrogen-bond donors (Lipinski definition) is 1. The van der Waals surface area contributed by atoms with Crippen LogP contribution in [0.4, 0.5) is 4.39 Å². The lowest BCUT2D eigenvalue weighted by atomic mass is 10.1. The van der Waals surface area contributed by atoms with Crippen molar-refractivity contribution < 1.29 is 9.18 Å². The fraction of sp³-hybridized carbons (Fsp3) is 0.0833. The number of ketones is 1. The number of carbonyl (C=O) groups excluding carboxylic acids is 1. The number of nitrogens with zero attached hydrogens (tertiary/aromatic N) is 1. The summed E-state index contributed by atoms with van der Waals surface area (Å²) in [6.07, 6.45) is 0. The molecule has 4 nitrogen and oxygen atoms in total. The van der Waals surface area contributed by atoms with Crippen molar-refractivity contribution in [2.24, 2.45) is 0 Å². The van der Waals surface area contributed by atoms with E-state index >= 15 is 0 Å². The van der Waals surface area contributed by atoms with Gasteiger partial charge in [0.25, 0.3) is 5.56 Å². The molecule has 1 aromatic carbocycles. The Hall–Kier alpha value is -2.30. The van der Waals surface area contributed by atoms with Gasteiger partial charge in [-0.2, -0.15) is 5.10 Å². The van der Waals surface area contributed by atoms with Crippen LogP contribution in [0, 0.1) is 5.82 Å². The first-order valence-corrected chi connectivity index (χ1v) is 4.94. The van der Waals surface area contributed by atoms with Crippen molar-refractivity contribution in [2.45, 2.75) is 6.92 Å². The van der Waals surface area contributed by atoms with Gasteiger partial charge < -0.3 is 0 Å². The Kier molecular flexibility index (Phi) is 2.82. The van der Waals surface area contributed by atoms with Gasteiger partial charge in [-0.15, -0.1) is 0 Å². The quantitative estimate of drug-likeness (QED) is 0.803. The zero-order valence-corrected chi connectivity index (χ0v) is 9.03. The molecule has 0 aliphatic heterocycles. The van der Waals surface area contributed by atoms with Gasteiger partial charge in [-0.1, -0.05) is 0 Å². The molecule has 0 spiro atoms. The van der Waals surface area contributed by atoms with E-state index in [1.807, 2.05) is 0 Å². The van der Waals surface area contributed by atoms with E-state index < -0.39 is 5.56 Å². The van der Waals surface area contributed by atoms with Crippen LogP contribution in [-0.4, -0.2) is 16.0 Å². The number of rotatable bonds is 2. The summed E-state index contributed by atoms with van der Waals surface area (Å²) in [7, 11) is 0. The molecule has 2 aromatic rings. The van der Waals surface area contributed by atoms with Crippen LogP contribution in [0.5, 0.6) is 0 Å². The molecule has 2 rings (SSSR count). The second-order valence-electron chi connectivity index (χ2n) is 3.56. The Balaban J connectivity index is 2.53. The maximum absolute atomic E-state index is 12.7. The van der Waals surface area contributed by atoms with Crippen molar-refractivity contribution >= 4 is 5.78 Å². The van der Waals surface area contributed by atoms with Gasteiger partial charge in [0.1, 0.15) is 5.82 Å². The molecule has 0 aliphatic rings. The van der Waals surface area contributed by atoms with E-state index in [-0.39, 0.29) is 17.2 Å². The van der Waals surface area contributed by atoms with Crippen molar-refractivity contribution in [1.29, 1.82) is 0 Å². The van der Waals surface area contributed by atoms with Crippen molar-refractivity contribution in [3.05, 3.63) is 52.1 Å². The number of benzene rings is 1. The largest absolute Gasteiger partial charge is 0.294 e. The van der Waals surface area contributed by atoms with Gasteiger partial charge in [-0.3, -0.25) is 9.59 Å². The molecule has 0 saturated carbocycles. The molecule has 0 amide bonds. The van der Waals surface area contributed by atoms with Gasteiger partial charge in [-0.05, 0) is 37.3 Å². The minimum Gasteiger partial charge on any atom is -0.294 e. The number of aromatic amines is 1. The highest BCUT2D eigenvalue weighted by atomic mass is 19.1. The second-order valence-corrected chi connectivity index (χ2v) is 3.56. The minimum atomic E-state index is -0.525. The fourth-order valence-electron chi connectivity index (χ4n) is 1.44. The van der Waals surface area contributed by atoms with Crippen molar-refractivity contribution in [1.82, 2.24) is 10.2 Å². The summed E-state index contributed by atoms with van der Waals surface area (Å²) < 4.78 is 12.7. The molecule has 0 saturated heterocycles. The standard InChI is InChI=1S/C12H9FN2O2/c1-7(16)10-6-11(14-15-12(10)17)8-2-4-9(13)5-3-8/h2-6H,1H3,(H,15,17). The Labute approximate surface area is 96.1 Å². The van der Waals surface area contributed by atoms with Gasteiger partial charge in [0, 0.05) is 5.56 Å². The Morgan fingerprint density at radius 3 is 2.53 bits per heavy atom. The maximum Gasteiger partial charge on any atom is 0.275 e. The lowest BCUT2D eigenvalue weighted by Gasteiger charge is -2.01. The molecule has 17 heavy (non-hydrogen) atoms. The van der Waals surface area contributed by atoms with Crippen LogP contribution in [0.25, 0.3) is 11.3 Å². The third kappa shape index (κ3) is 2.28. The van der Waals surface area contributed by atoms with Crippen LogP contribution in [0.3, 0.4) is 0 Å². The van der Waals surface area contributed by atoms with E-state index in [4.69, 9.17) is 0 Å². The minimum absolute atomic E-state index is 0.0410. The predicted octanol–water partition coefficient (Wildman–Crippen LogP) is 1.78. The zero-order chi connectivity index (χ0) is 12.4. The average Bonchev–Trinajstić information content (AvgIpc) is 2.30. The molecule has 5 heteroatoms. The molecule has 0 aliphatic carbocycles. The van der Waals surface area contributed by atoms with Gasteiger partial charge in [0.05, 0.1) is 11.3 Å². The summed E-state index contributed by atoms with van der Waals surface area (Å²) in [4.78, 5) is 22.5. The molecule has 0 bridgehead atoms. The van der Waals surface area contributed by atoms with Crippen LogP contribution in [0.15, 0.2) is 35.1 Å². The molecule has 1 heterocycles. The normalized spacial score (nSPS) is 10.2. The number of carbonyl (C=O) groups is 1. The fourth-order valence-corrected chi connectivity index (χ4v) is 1.44. The first-order valence-electron chi connectivity index (χ1n) is 4.94. The van der Waals surface area contributed by atoms with Crippen molar-refractivity contribution in [2.75, 3.05) is 0 Å². The monoisotopic (exact) mass is 232 g/mol. The maximum atomic E-state index is 12.7. The van der Waals surface area contributed by atoms with E-state index in [1.165, 1.54) is 37.3 Å². The summed E-state index contributed by atoms with van der Waals surface area (Å²) in [5, 5.41) is 6.05. The number of Topliss-reactive ketones (excluding diaryl/α,β-unsaturated/α-hetero) is 1. The van der Waals surface area contributed by atoms with Crippen molar-refractivity contribution in [3.63, 3.8) is 0 Å². The summed E-state index contributed by atoms with van der Waals surface area (Å²) in [5.74, 6) is -0.693. The second kappa shape index (κ2) is 4.29. The molecular formula is C12H9FN2O2. The van der Waals surface area contributed by atoms with Crippen LogP contribution >= 0.6 is 0 Å². The molecule has 0 radical (unpaired) electrons. The molecule has 1 N–H and O–H groups in total. The van der Waals surface area contributed by atoms with E-state index in [9.17, 15) is 14.0 Å². The van der Waals surface area contributed by atoms with Gasteiger partial charge >= 0.3 is 0 Å². The van der Waals surface area contributed by atoms with E-state index in [2.05, 4.69) is 10.2 Å². The number of halogens is 1. The smallest absolute Gasteiger partial charge is 0.275 e. The van der Waals surface area contributed by atoms with Crippen LogP contribution in [0.1, 0.15) is 17.3 Å². The number of H-pyrrole nitrogens is 1. The van der Waals surface area contributed by atoms with E-state index in [0.29, 0.717) is 11.3 Å². The molecule has 1 aromatic heterocycles. The highest BCUT2D eigenvalue weighted by Crippen LogP contribution is 2.16. The van der Waals surface area contributed by atoms with Gasteiger partial charge in [0.2, 0.25) is 0 Å². The molecule has 86 valence electrons. The summed E-state index contributed by atoms with van der Waals surface area (Å²) in [6.45, 7) is 1.30. The lowest BCUT2D eigenvalue weighted by Crippen LogP contribution is -2.17. The Morgan fingerprint density at radius 1 is 1.29 bits per heavy atom. The number of nitrogens with one attached hydrogen (secondary N) is 1. The average molecular weight is 232 g/mol. The lowest BCUT2D eigenvalue weighted by molar-refractivity contribution is 0.101. The first-order chi connectivity index (χ1) is 8.08. The Bertz CT molecular complexity index is 617. The third-order valence-corrected chi connectivity index (χ3v) is 2.32. The highest BCUT2D eigenvalue weighted by Gasteiger charge is 2.08. The van der Waals surface area contributed by atoms with Crippen LogP contribution < -0.4 is 5.56 Å². The van der Waals surface area contributed by atoms with E-state index in [0.717, 1.165) is 0 Å². The molecule has 0 atom stereocenters. The highest BCUT2D eigenvalue weighted by molar-refractivity contribution is 5.94. The number of aromatic nitrogens is 2. The first kappa shape index (κ1) is 11.2. The van der Waals surface area contributed by atoms with Crippen LogP contribution in [-0.2, 0) is 0 Å². The molecule has 0 unspecified atom stereocenters. The topological polar surface area (TPSA) is 62.8 Å². The van der Waals surface area contributed by atoms with Gasteiger partial charge in [0.15, 0.2) is 5.78 Å². The predicted molar refractivity (Wildman–Crippen MR) is 60.3 cm³/mol. The summed E-state index contributed by atoms with van der Waals surface area (Å²) in [6, 6.07) is 7.03. The van der Waals surface area contributed by atoms with Crippen LogP contribution in [0.2, 0.25) is 0 Å². The van der Waals surface area contributed by atoms with E-state index in [1.54, 1.807) is 0 Å². The molecule has 0 fully saturated rings. The zero-order valence-electron chi connectivity index (χ0n) is 9.03. The SMILES string of the molecule is CC(=O)c1cc(-c2ccc(F)cc2)n[nH]c1=O. The van der Waals surface area contributed by atoms with Crippen molar-refractivity contribution in [3.8, 4) is 11.3 Å².